The molecule has 0 aliphatic rings. The summed E-state index contributed by atoms with van der Waals surface area (Å²) in [5.41, 5.74) is 0. The zero-order valence-corrected chi connectivity index (χ0v) is 9.88. The quantitative estimate of drug-likeness (QED) is 0.628. The summed E-state index contributed by atoms with van der Waals surface area (Å²) in [7, 11) is 0.589. The zero-order valence-electron chi connectivity index (χ0n) is 9.06. The second kappa shape index (κ2) is 6.98. The average molecular weight is 221 g/mol. The van der Waals surface area contributed by atoms with Gasteiger partial charge in [-0.2, -0.15) is 0 Å². The molecule has 0 radical (unpaired) electrons. The van der Waals surface area contributed by atoms with Crippen molar-refractivity contribution in [2.45, 2.75) is 6.92 Å². The SMILES string of the molecule is CCS(=O)(=O)/C=C/CN(C)CCOC. The average Bonchev–Trinajstić information content (AvgIpc) is 2.14. The highest BCUT2D eigenvalue weighted by atomic mass is 32.2. The Morgan fingerprint density at radius 1 is 1.43 bits per heavy atom. The number of likely N-dealkylation sites (N-methyl/N-ethyl adjacent to an activating group) is 1. The van der Waals surface area contributed by atoms with E-state index in [4.69, 9.17) is 4.74 Å². The predicted octanol–water partition coefficient (Wildman–Crippen LogP) is 0.513. The molecule has 0 saturated heterocycles. The van der Waals surface area contributed by atoms with Crippen LogP contribution in [0.1, 0.15) is 6.92 Å². The van der Waals surface area contributed by atoms with Gasteiger partial charge in [0.2, 0.25) is 0 Å². The summed E-state index contributed by atoms with van der Waals surface area (Å²) < 4.78 is 27.0. The molecule has 0 aromatic heterocycles. The van der Waals surface area contributed by atoms with Crippen molar-refractivity contribution >= 4 is 9.84 Å². The van der Waals surface area contributed by atoms with Gasteiger partial charge >= 0.3 is 0 Å². The highest BCUT2D eigenvalue weighted by molar-refractivity contribution is 7.94. The van der Waals surface area contributed by atoms with E-state index in [2.05, 4.69) is 0 Å². The smallest absolute Gasteiger partial charge is 0.171 e. The van der Waals surface area contributed by atoms with Gasteiger partial charge in [0, 0.05) is 25.6 Å². The minimum Gasteiger partial charge on any atom is -0.383 e. The van der Waals surface area contributed by atoms with Crippen LogP contribution in [0, 0.1) is 0 Å². The molecule has 14 heavy (non-hydrogen) atoms. The minimum atomic E-state index is -2.97. The standard InChI is InChI=1S/C9H19NO3S/c1-4-14(11,12)9-5-6-10(2)7-8-13-3/h5,9H,4,6-8H2,1-3H3/b9-5+. The topological polar surface area (TPSA) is 46.6 Å². The maximum Gasteiger partial charge on any atom is 0.171 e. The van der Waals surface area contributed by atoms with Gasteiger partial charge in [-0.3, -0.25) is 0 Å². The third-order valence-corrected chi connectivity index (χ3v) is 3.21. The summed E-state index contributed by atoms with van der Waals surface area (Å²) in [5.74, 6) is 0.158. The van der Waals surface area contributed by atoms with Crippen molar-refractivity contribution in [2.75, 3.05) is 39.6 Å². The molecule has 0 aromatic rings. The van der Waals surface area contributed by atoms with Gasteiger partial charge in [0.1, 0.15) is 0 Å². The molecule has 0 aliphatic heterocycles. The Labute approximate surface area is 86.5 Å². The fourth-order valence-electron chi connectivity index (χ4n) is 0.804. The van der Waals surface area contributed by atoms with Crippen LogP contribution in [0.3, 0.4) is 0 Å². The van der Waals surface area contributed by atoms with Crippen LogP contribution >= 0.6 is 0 Å². The molecule has 5 heteroatoms. The zero-order chi connectivity index (χ0) is 11.0. The molecule has 0 aliphatic carbocycles. The van der Waals surface area contributed by atoms with E-state index in [0.717, 1.165) is 6.54 Å². The second-order valence-electron chi connectivity index (χ2n) is 3.08. The van der Waals surface area contributed by atoms with E-state index in [0.29, 0.717) is 13.2 Å². The molecule has 0 heterocycles. The minimum absolute atomic E-state index is 0.158. The normalized spacial score (nSPS) is 12.9. The number of nitrogens with zero attached hydrogens (tertiary/aromatic N) is 1. The molecule has 84 valence electrons. The number of ether oxygens (including phenoxy) is 1. The van der Waals surface area contributed by atoms with Crippen molar-refractivity contribution in [2.24, 2.45) is 0 Å². The second-order valence-corrected chi connectivity index (χ2v) is 5.25. The van der Waals surface area contributed by atoms with Gasteiger partial charge < -0.3 is 9.64 Å². The molecule has 0 atom stereocenters. The van der Waals surface area contributed by atoms with Crippen molar-refractivity contribution in [3.63, 3.8) is 0 Å². The van der Waals surface area contributed by atoms with Crippen LogP contribution in [0.25, 0.3) is 0 Å². The van der Waals surface area contributed by atoms with Gasteiger partial charge in [0.15, 0.2) is 9.84 Å². The van der Waals surface area contributed by atoms with Crippen molar-refractivity contribution in [3.8, 4) is 0 Å². The Morgan fingerprint density at radius 3 is 2.57 bits per heavy atom. The summed E-state index contributed by atoms with van der Waals surface area (Å²) in [6, 6.07) is 0. The Hall–Kier alpha value is -0.390. The van der Waals surface area contributed by atoms with Crippen molar-refractivity contribution in [1.29, 1.82) is 0 Å². The fourth-order valence-corrected chi connectivity index (χ4v) is 1.38. The Bertz CT molecular complexity index is 259. The van der Waals surface area contributed by atoms with E-state index in [1.165, 1.54) is 5.41 Å². The van der Waals surface area contributed by atoms with Crippen LogP contribution in [-0.2, 0) is 14.6 Å². The maximum absolute atomic E-state index is 11.1. The molecule has 0 bridgehead atoms. The fraction of sp³-hybridized carbons (Fsp3) is 0.778. The molecule has 0 fully saturated rings. The van der Waals surface area contributed by atoms with Gasteiger partial charge in [-0.25, -0.2) is 8.42 Å². The van der Waals surface area contributed by atoms with E-state index < -0.39 is 9.84 Å². The molecule has 0 unspecified atom stereocenters. The Morgan fingerprint density at radius 2 is 2.07 bits per heavy atom. The van der Waals surface area contributed by atoms with E-state index in [1.807, 2.05) is 11.9 Å². The van der Waals surface area contributed by atoms with Crippen molar-refractivity contribution in [3.05, 3.63) is 11.5 Å². The first-order chi connectivity index (χ1) is 6.52. The summed E-state index contributed by atoms with van der Waals surface area (Å²) >= 11 is 0. The number of hydrogen-bond donors (Lipinski definition) is 0. The molecular formula is C9H19NO3S. The summed E-state index contributed by atoms with van der Waals surface area (Å²) in [4.78, 5) is 1.99. The largest absolute Gasteiger partial charge is 0.383 e. The molecule has 0 N–H and O–H groups in total. The molecule has 0 aromatic carbocycles. The van der Waals surface area contributed by atoms with Gasteiger partial charge in [-0.15, -0.1) is 0 Å². The van der Waals surface area contributed by atoms with Crippen LogP contribution in [0.2, 0.25) is 0 Å². The van der Waals surface area contributed by atoms with E-state index >= 15 is 0 Å². The first-order valence-electron chi connectivity index (χ1n) is 4.58. The summed E-state index contributed by atoms with van der Waals surface area (Å²) in [6.07, 6.45) is 1.66. The monoisotopic (exact) mass is 221 g/mol. The number of methoxy groups -OCH3 is 1. The van der Waals surface area contributed by atoms with E-state index in [-0.39, 0.29) is 5.75 Å². The number of sulfone groups is 1. The lowest BCUT2D eigenvalue weighted by atomic mass is 10.5. The lowest BCUT2D eigenvalue weighted by Gasteiger charge is -2.12. The third kappa shape index (κ3) is 7.06. The van der Waals surface area contributed by atoms with Crippen LogP contribution in [0.4, 0.5) is 0 Å². The van der Waals surface area contributed by atoms with Crippen molar-refractivity contribution in [1.82, 2.24) is 4.90 Å². The van der Waals surface area contributed by atoms with Crippen LogP contribution in [0.15, 0.2) is 11.5 Å². The van der Waals surface area contributed by atoms with Crippen molar-refractivity contribution < 1.29 is 13.2 Å². The third-order valence-electron chi connectivity index (χ3n) is 1.80. The van der Waals surface area contributed by atoms with Gasteiger partial charge in [0.25, 0.3) is 0 Å². The number of rotatable bonds is 7. The highest BCUT2D eigenvalue weighted by Crippen LogP contribution is 1.92. The maximum atomic E-state index is 11.1. The lowest BCUT2D eigenvalue weighted by molar-refractivity contribution is 0.166. The highest BCUT2D eigenvalue weighted by Gasteiger charge is 2.00. The summed E-state index contributed by atoms with van der Waals surface area (Å²) in [6.45, 7) is 3.72. The van der Waals surface area contributed by atoms with Crippen LogP contribution in [0.5, 0.6) is 0 Å². The lowest BCUT2D eigenvalue weighted by Crippen LogP contribution is -2.22. The summed E-state index contributed by atoms with van der Waals surface area (Å²) in [5, 5.41) is 1.27. The van der Waals surface area contributed by atoms with Gasteiger partial charge in [-0.1, -0.05) is 13.0 Å². The van der Waals surface area contributed by atoms with Gasteiger partial charge in [0.05, 0.1) is 12.4 Å². The molecule has 0 amide bonds. The van der Waals surface area contributed by atoms with Gasteiger partial charge in [-0.05, 0) is 7.05 Å². The van der Waals surface area contributed by atoms with Crippen LogP contribution in [-0.4, -0.2) is 52.9 Å². The molecule has 0 saturated carbocycles. The predicted molar refractivity (Wildman–Crippen MR) is 58.0 cm³/mol. The first-order valence-corrected chi connectivity index (χ1v) is 6.30. The molecule has 4 nitrogen and oxygen atoms in total. The molecule has 0 rings (SSSR count). The van der Waals surface area contributed by atoms with E-state index in [1.54, 1.807) is 20.1 Å². The Kier molecular flexibility index (Phi) is 6.78. The Balaban J connectivity index is 3.82. The first kappa shape index (κ1) is 13.6. The number of hydrogen-bond acceptors (Lipinski definition) is 4. The van der Waals surface area contributed by atoms with Crippen LogP contribution < -0.4 is 0 Å². The van der Waals surface area contributed by atoms with E-state index in [9.17, 15) is 8.42 Å². The molecule has 0 spiro atoms. The molecular weight excluding hydrogens is 202 g/mol.